The molecule has 21 heavy (non-hydrogen) atoms. The van der Waals surface area contributed by atoms with Gasteiger partial charge in [0.05, 0.1) is 4.92 Å². The molecule has 2 aromatic rings. The lowest BCUT2D eigenvalue weighted by molar-refractivity contribution is -0.384. The van der Waals surface area contributed by atoms with Gasteiger partial charge in [0, 0.05) is 29.0 Å². The number of rotatable bonds is 3. The van der Waals surface area contributed by atoms with Gasteiger partial charge in [-0.05, 0) is 34.7 Å². The Morgan fingerprint density at radius 1 is 1.29 bits per heavy atom. The Morgan fingerprint density at radius 2 is 1.81 bits per heavy atom. The smallest absolute Gasteiger partial charge is 0.418 e. The summed E-state index contributed by atoms with van der Waals surface area (Å²) in [7, 11) is -6.00. The number of halogens is 4. The molecule has 0 spiro atoms. The largest absolute Gasteiger partial charge is 0.673 e. The predicted octanol–water partition coefficient (Wildman–Crippen LogP) is 4.61. The summed E-state index contributed by atoms with van der Waals surface area (Å²) in [6, 6.07) is 6.23. The third-order valence-electron chi connectivity index (χ3n) is 1.87. The predicted molar refractivity (Wildman–Crippen MR) is 72.8 cm³/mol. The molecule has 0 saturated heterocycles. The Hall–Kier alpha value is -1.69. The minimum absolute atomic E-state index is 0.0716. The Kier molecular flexibility index (Phi) is 6.09. The van der Waals surface area contributed by atoms with Crippen LogP contribution in [-0.4, -0.2) is 23.6 Å². The number of nitrogens with zero attached hydrogens (tertiary/aromatic N) is 2. The minimum atomic E-state index is -6.00. The van der Waals surface area contributed by atoms with E-state index in [1.807, 2.05) is 6.26 Å². The van der Waals surface area contributed by atoms with Crippen molar-refractivity contribution in [2.75, 3.05) is 6.26 Å². The van der Waals surface area contributed by atoms with Gasteiger partial charge in [-0.1, -0.05) is 0 Å². The molecule has 0 aliphatic rings. The van der Waals surface area contributed by atoms with Crippen molar-refractivity contribution < 1.29 is 26.7 Å². The summed E-state index contributed by atoms with van der Waals surface area (Å²) in [4.78, 5) is 10.0. The maximum atomic E-state index is 10.5. The fourth-order valence-corrected chi connectivity index (χ4v) is 2.35. The normalized spacial score (nSPS) is 10.7. The van der Waals surface area contributed by atoms with Gasteiger partial charge in [0.2, 0.25) is 5.01 Å². The number of non-ortho nitro benzene ring substituents is 1. The lowest BCUT2D eigenvalue weighted by Gasteiger charge is -1.94. The van der Waals surface area contributed by atoms with E-state index in [4.69, 9.17) is 4.52 Å². The van der Waals surface area contributed by atoms with Crippen molar-refractivity contribution in [3.05, 3.63) is 34.4 Å². The maximum absolute atomic E-state index is 10.5. The molecule has 0 radical (unpaired) electrons. The van der Waals surface area contributed by atoms with Crippen molar-refractivity contribution in [3.63, 3.8) is 0 Å². The molecule has 0 amide bonds. The molecule has 0 aliphatic carbocycles. The van der Waals surface area contributed by atoms with Crippen LogP contribution >= 0.6 is 23.1 Å². The first kappa shape index (κ1) is 17.4. The Labute approximate surface area is 124 Å². The second-order valence-electron chi connectivity index (χ2n) is 3.34. The number of benzene rings is 1. The molecule has 1 aromatic heterocycles. The van der Waals surface area contributed by atoms with E-state index in [0.29, 0.717) is 0 Å². The van der Waals surface area contributed by atoms with Crippen LogP contribution in [0.2, 0.25) is 0 Å². The fourth-order valence-electron chi connectivity index (χ4n) is 1.11. The zero-order chi connectivity index (χ0) is 16.0. The van der Waals surface area contributed by atoms with E-state index in [-0.39, 0.29) is 5.69 Å². The molecule has 5 nitrogen and oxygen atoms in total. The Balaban J connectivity index is 0.000000383. The molecule has 1 heterocycles. The van der Waals surface area contributed by atoms with E-state index in [9.17, 15) is 27.4 Å². The van der Waals surface area contributed by atoms with E-state index in [1.54, 1.807) is 12.1 Å². The first-order valence-electron chi connectivity index (χ1n) is 5.16. The van der Waals surface area contributed by atoms with E-state index in [1.165, 1.54) is 35.2 Å². The monoisotopic (exact) mass is 342 g/mol. The number of aromatic nitrogens is 1. The highest BCUT2D eigenvalue weighted by Crippen LogP contribution is 2.30. The maximum Gasteiger partial charge on any atom is 0.673 e. The minimum Gasteiger partial charge on any atom is -0.418 e. The zero-order valence-corrected chi connectivity index (χ0v) is 12.0. The van der Waals surface area contributed by atoms with Crippen molar-refractivity contribution >= 4 is 36.0 Å². The van der Waals surface area contributed by atoms with Gasteiger partial charge >= 0.3 is 11.7 Å². The lowest BCUT2D eigenvalue weighted by atomic mass is 10.2. The second kappa shape index (κ2) is 7.36. The molecule has 1 aromatic carbocycles. The summed E-state index contributed by atoms with van der Waals surface area (Å²) in [5.41, 5.74) is 0.891. The average Bonchev–Trinajstić information content (AvgIpc) is 2.85. The molecule has 12 heteroatoms. The summed E-state index contributed by atoms with van der Waals surface area (Å²) in [5.74, 6) is 0. The van der Waals surface area contributed by atoms with Gasteiger partial charge < -0.3 is 17.3 Å². The summed E-state index contributed by atoms with van der Waals surface area (Å²) < 4.78 is 44.8. The lowest BCUT2D eigenvalue weighted by Crippen LogP contribution is -2.02. The Morgan fingerprint density at radius 3 is 2.19 bits per heavy atom. The third-order valence-corrected chi connectivity index (χ3v) is 3.78. The van der Waals surface area contributed by atoms with Crippen LogP contribution < -0.4 is 0 Å². The van der Waals surface area contributed by atoms with Crippen molar-refractivity contribution in [1.29, 1.82) is 0 Å². The highest BCUT2D eigenvalue weighted by atomic mass is 32.2. The summed E-state index contributed by atoms with van der Waals surface area (Å²) in [6.45, 7) is 0. The molecule has 0 atom stereocenters. The van der Waals surface area contributed by atoms with Crippen LogP contribution in [0.1, 0.15) is 0 Å². The SMILES string of the molecule is CSc1[o+]nc(-c2ccc([N+](=O)[O-])cc2)s1.F[B-](F)(F)F. The van der Waals surface area contributed by atoms with E-state index < -0.39 is 12.2 Å². The van der Waals surface area contributed by atoms with Crippen LogP contribution in [0.3, 0.4) is 0 Å². The van der Waals surface area contributed by atoms with Crippen LogP contribution in [-0.2, 0) is 0 Å². The van der Waals surface area contributed by atoms with Crippen LogP contribution in [0.15, 0.2) is 33.2 Å². The number of thioether (sulfide) groups is 1. The van der Waals surface area contributed by atoms with E-state index >= 15 is 0 Å². The van der Waals surface area contributed by atoms with Gasteiger partial charge in [-0.2, -0.15) is 0 Å². The first-order chi connectivity index (χ1) is 9.70. The van der Waals surface area contributed by atoms with Gasteiger partial charge in [0.25, 0.3) is 5.69 Å². The molecule has 2 rings (SSSR count). The van der Waals surface area contributed by atoms with Crippen LogP contribution in [0, 0.1) is 10.1 Å². The molecule has 114 valence electrons. The fraction of sp³-hybridized carbons (Fsp3) is 0.111. The number of hydrogen-bond acceptors (Lipinski definition) is 5. The first-order valence-corrected chi connectivity index (χ1v) is 7.21. The average molecular weight is 342 g/mol. The summed E-state index contributed by atoms with van der Waals surface area (Å²) in [5, 5.41) is 15.1. The molecule has 0 N–H and O–H groups in total. The highest BCUT2D eigenvalue weighted by Gasteiger charge is 2.20. The van der Waals surface area contributed by atoms with Gasteiger partial charge in [0.1, 0.15) is 0 Å². The van der Waals surface area contributed by atoms with Gasteiger partial charge in [-0.25, -0.2) is 0 Å². The van der Waals surface area contributed by atoms with Gasteiger partial charge in [-0.15, -0.1) is 0 Å². The number of nitro benzene ring substituents is 1. The topological polar surface area (TPSA) is 67.3 Å². The molecule has 0 unspecified atom stereocenters. The molecule has 0 bridgehead atoms. The van der Waals surface area contributed by atoms with E-state index in [0.717, 1.165) is 15.0 Å². The van der Waals surface area contributed by atoms with Crippen LogP contribution in [0.25, 0.3) is 10.6 Å². The molecule has 0 saturated carbocycles. The summed E-state index contributed by atoms with van der Waals surface area (Å²) in [6.07, 6.45) is 1.90. The highest BCUT2D eigenvalue weighted by molar-refractivity contribution is 8.00. The molecular formula is C9H7BF4N2O3S2. The number of nitro groups is 1. The van der Waals surface area contributed by atoms with Crippen molar-refractivity contribution in [1.82, 2.24) is 5.16 Å². The number of hydrogen-bond donors (Lipinski definition) is 0. The van der Waals surface area contributed by atoms with Crippen LogP contribution in [0.4, 0.5) is 23.0 Å². The molecule has 0 aliphatic heterocycles. The van der Waals surface area contributed by atoms with Gasteiger partial charge in [-0.3, -0.25) is 10.1 Å². The third kappa shape index (κ3) is 6.53. The van der Waals surface area contributed by atoms with E-state index in [2.05, 4.69) is 5.16 Å². The van der Waals surface area contributed by atoms with Gasteiger partial charge in [0.15, 0.2) is 5.16 Å². The Bertz CT molecular complexity index is 600. The van der Waals surface area contributed by atoms with Crippen LogP contribution in [0.5, 0.6) is 0 Å². The standard InChI is InChI=1S/C9H7N2O3S2.BF4/c1-15-9-14-10-8(16-9)6-2-4-7(5-3-6)11(12)13;2-1(3,4)5/h2-5H,1H3;/q+1;-1. The zero-order valence-electron chi connectivity index (χ0n) is 10.3. The van der Waals surface area contributed by atoms with Crippen molar-refractivity contribution in [2.45, 2.75) is 4.41 Å². The quantitative estimate of drug-likeness (QED) is 0.203. The summed E-state index contributed by atoms with van der Waals surface area (Å²) >= 11 is 2.89. The second-order valence-corrected chi connectivity index (χ2v) is 5.34. The molecular weight excluding hydrogens is 335 g/mol. The molecule has 0 fully saturated rings. The van der Waals surface area contributed by atoms with Crippen molar-refractivity contribution in [3.8, 4) is 10.6 Å². The van der Waals surface area contributed by atoms with Crippen molar-refractivity contribution in [2.24, 2.45) is 0 Å².